The van der Waals surface area contributed by atoms with E-state index in [2.05, 4.69) is 17.0 Å². The number of nitrogens with one attached hydrogen (secondary N) is 1. The molecule has 4 nitrogen and oxygen atoms in total. The number of H-pyrrole nitrogens is 1. The molecule has 1 aliphatic rings. The van der Waals surface area contributed by atoms with Crippen molar-refractivity contribution < 1.29 is 5.11 Å². The molecule has 0 radical (unpaired) electrons. The van der Waals surface area contributed by atoms with Crippen LogP contribution in [0.3, 0.4) is 0 Å². The Morgan fingerprint density at radius 3 is 2.58 bits per heavy atom. The van der Waals surface area contributed by atoms with Crippen LogP contribution in [0.5, 0.6) is 0 Å². The van der Waals surface area contributed by atoms with E-state index in [-0.39, 0.29) is 5.92 Å². The summed E-state index contributed by atoms with van der Waals surface area (Å²) in [5.74, 6) is 0.626. The summed E-state index contributed by atoms with van der Waals surface area (Å²) < 4.78 is 2.20. The molecule has 2 aromatic rings. The monoisotopic (exact) mass is 365 g/mol. The summed E-state index contributed by atoms with van der Waals surface area (Å²) in [4.78, 5) is 4.07. The first kappa shape index (κ1) is 17.6. The van der Waals surface area contributed by atoms with Crippen molar-refractivity contribution in [1.82, 2.24) is 14.8 Å². The minimum atomic E-state index is -1.02. The predicted molar refractivity (Wildman–Crippen MR) is 98.5 cm³/mol. The third-order valence-electron chi connectivity index (χ3n) is 5.47. The highest BCUT2D eigenvalue weighted by Gasteiger charge is 2.41. The van der Waals surface area contributed by atoms with E-state index in [4.69, 9.17) is 23.8 Å². The number of aliphatic hydroxyl groups is 1. The Balaban J connectivity index is 1.97. The van der Waals surface area contributed by atoms with Gasteiger partial charge in [0.05, 0.1) is 6.54 Å². The molecule has 1 aliphatic carbocycles. The van der Waals surface area contributed by atoms with Gasteiger partial charge in [-0.15, -0.1) is 0 Å². The summed E-state index contributed by atoms with van der Waals surface area (Å²) in [6.07, 6.45) is 7.70. The summed E-state index contributed by atoms with van der Waals surface area (Å²) >= 11 is 11.3. The summed E-state index contributed by atoms with van der Waals surface area (Å²) in [6, 6.07) is 7.51. The van der Waals surface area contributed by atoms with E-state index in [1.165, 1.54) is 32.1 Å². The van der Waals surface area contributed by atoms with Crippen LogP contribution in [0, 0.1) is 16.6 Å². The average Bonchev–Trinajstić information content (AvgIpc) is 3.00. The van der Waals surface area contributed by atoms with Crippen LogP contribution < -0.4 is 0 Å². The Bertz CT molecular complexity index is 720. The molecule has 6 heteroatoms. The molecule has 1 heterocycles. The molecule has 2 unspecified atom stereocenters. The van der Waals surface area contributed by atoms with Crippen molar-refractivity contribution in [3.8, 4) is 0 Å². The molecule has 130 valence electrons. The standard InChI is InChI=1S/C18H24ClN3OS/c1-13(14-5-3-2-4-6-14)18(23,11-22-17(24)20-12-21-22)15-7-9-16(19)10-8-15/h7-10,12-14,23H,2-6,11H2,1H3,(H,20,21,24). The van der Waals surface area contributed by atoms with E-state index in [9.17, 15) is 5.11 Å². The van der Waals surface area contributed by atoms with Crippen LogP contribution in [0.1, 0.15) is 44.6 Å². The highest BCUT2D eigenvalue weighted by molar-refractivity contribution is 7.71. The van der Waals surface area contributed by atoms with Crippen molar-refractivity contribution in [2.24, 2.45) is 11.8 Å². The second kappa shape index (κ2) is 7.38. The van der Waals surface area contributed by atoms with Gasteiger partial charge in [0.2, 0.25) is 4.77 Å². The molecule has 0 spiro atoms. The van der Waals surface area contributed by atoms with E-state index in [1.807, 2.05) is 24.3 Å². The normalized spacial score (nSPS) is 19.8. The van der Waals surface area contributed by atoms with E-state index in [1.54, 1.807) is 11.0 Å². The number of hydrogen-bond acceptors (Lipinski definition) is 3. The Labute approximate surface area is 152 Å². The van der Waals surface area contributed by atoms with Gasteiger partial charge in [0.15, 0.2) is 0 Å². The van der Waals surface area contributed by atoms with Crippen LogP contribution in [0.15, 0.2) is 30.6 Å². The fraction of sp³-hybridized carbons (Fsp3) is 0.556. The van der Waals surface area contributed by atoms with Crippen molar-refractivity contribution in [1.29, 1.82) is 0 Å². The van der Waals surface area contributed by atoms with Crippen molar-refractivity contribution in [2.75, 3.05) is 0 Å². The third-order valence-corrected chi connectivity index (χ3v) is 6.05. The summed E-state index contributed by atoms with van der Waals surface area (Å²) in [6.45, 7) is 2.52. The topological polar surface area (TPSA) is 53.8 Å². The molecule has 24 heavy (non-hydrogen) atoms. The Morgan fingerprint density at radius 1 is 1.33 bits per heavy atom. The van der Waals surface area contributed by atoms with E-state index in [0.29, 0.717) is 22.3 Å². The highest BCUT2D eigenvalue weighted by Crippen LogP contribution is 2.41. The fourth-order valence-electron chi connectivity index (χ4n) is 3.89. The predicted octanol–water partition coefficient (Wildman–Crippen LogP) is 4.70. The minimum Gasteiger partial charge on any atom is -0.383 e. The van der Waals surface area contributed by atoms with Crippen LogP contribution in [0.25, 0.3) is 0 Å². The Morgan fingerprint density at radius 2 is 2.00 bits per heavy atom. The zero-order valence-corrected chi connectivity index (χ0v) is 15.5. The first-order valence-corrected chi connectivity index (χ1v) is 9.38. The lowest BCUT2D eigenvalue weighted by atomic mass is 9.70. The molecule has 0 aliphatic heterocycles. The molecular formula is C18H24ClN3OS. The molecular weight excluding hydrogens is 342 g/mol. The molecule has 2 N–H and O–H groups in total. The molecule has 3 rings (SSSR count). The zero-order chi connectivity index (χ0) is 17.2. The molecule has 0 amide bonds. The number of halogens is 1. The quantitative estimate of drug-likeness (QED) is 0.755. The first-order valence-electron chi connectivity index (χ1n) is 8.59. The maximum Gasteiger partial charge on any atom is 0.215 e. The number of aromatic amines is 1. The van der Waals surface area contributed by atoms with E-state index < -0.39 is 5.60 Å². The molecule has 0 bridgehead atoms. The van der Waals surface area contributed by atoms with Crippen LogP contribution in [-0.4, -0.2) is 19.9 Å². The van der Waals surface area contributed by atoms with Gasteiger partial charge < -0.3 is 5.11 Å². The Hall–Kier alpha value is -1.17. The first-order chi connectivity index (χ1) is 11.5. The lowest BCUT2D eigenvalue weighted by molar-refractivity contribution is -0.0638. The van der Waals surface area contributed by atoms with E-state index in [0.717, 1.165) is 5.56 Å². The lowest BCUT2D eigenvalue weighted by Crippen LogP contribution is -2.42. The maximum atomic E-state index is 11.7. The molecule has 1 aromatic carbocycles. The zero-order valence-electron chi connectivity index (χ0n) is 13.9. The smallest absolute Gasteiger partial charge is 0.215 e. The van der Waals surface area contributed by atoms with Crippen molar-refractivity contribution in [3.05, 3.63) is 45.9 Å². The number of hydrogen-bond donors (Lipinski definition) is 2. The fourth-order valence-corrected chi connectivity index (χ4v) is 4.19. The van der Waals surface area contributed by atoms with Gasteiger partial charge in [0, 0.05) is 5.02 Å². The molecule has 2 atom stereocenters. The van der Waals surface area contributed by atoms with Gasteiger partial charge in [0.25, 0.3) is 0 Å². The number of nitrogens with zero attached hydrogens (tertiary/aromatic N) is 2. The minimum absolute atomic E-state index is 0.115. The second-order valence-electron chi connectivity index (χ2n) is 6.87. The third kappa shape index (κ3) is 3.58. The van der Waals surface area contributed by atoms with Crippen molar-refractivity contribution in [2.45, 2.75) is 51.2 Å². The Kier molecular flexibility index (Phi) is 5.42. The van der Waals surface area contributed by atoms with Gasteiger partial charge in [-0.1, -0.05) is 62.8 Å². The van der Waals surface area contributed by atoms with Gasteiger partial charge in [0.1, 0.15) is 11.9 Å². The highest BCUT2D eigenvalue weighted by atomic mass is 35.5. The lowest BCUT2D eigenvalue weighted by Gasteiger charge is -2.40. The molecule has 1 aromatic heterocycles. The SMILES string of the molecule is CC(C1CCCCC1)C(O)(Cn1[nH]cnc1=S)c1ccc(Cl)cc1. The van der Waals surface area contributed by atoms with Crippen molar-refractivity contribution >= 4 is 23.8 Å². The molecule has 1 saturated carbocycles. The van der Waals surface area contributed by atoms with Gasteiger partial charge in [-0.2, -0.15) is 0 Å². The molecule has 0 saturated heterocycles. The van der Waals surface area contributed by atoms with Crippen LogP contribution in [0.2, 0.25) is 5.02 Å². The van der Waals surface area contributed by atoms with Gasteiger partial charge in [-0.3, -0.25) is 9.78 Å². The number of aromatic nitrogens is 3. The van der Waals surface area contributed by atoms with E-state index >= 15 is 0 Å². The summed E-state index contributed by atoms with van der Waals surface area (Å²) in [5, 5.41) is 15.4. The summed E-state index contributed by atoms with van der Waals surface area (Å²) in [7, 11) is 0. The number of benzene rings is 1. The van der Waals surface area contributed by atoms with Crippen LogP contribution in [0.4, 0.5) is 0 Å². The van der Waals surface area contributed by atoms with Crippen LogP contribution in [-0.2, 0) is 12.1 Å². The van der Waals surface area contributed by atoms with Gasteiger partial charge in [-0.05, 0) is 41.7 Å². The van der Waals surface area contributed by atoms with Crippen LogP contribution >= 0.6 is 23.8 Å². The van der Waals surface area contributed by atoms with Gasteiger partial charge >= 0.3 is 0 Å². The number of rotatable bonds is 5. The maximum absolute atomic E-state index is 11.7. The average molecular weight is 366 g/mol. The largest absolute Gasteiger partial charge is 0.383 e. The second-order valence-corrected chi connectivity index (χ2v) is 7.68. The molecule has 1 fully saturated rings. The van der Waals surface area contributed by atoms with Crippen molar-refractivity contribution in [3.63, 3.8) is 0 Å². The summed E-state index contributed by atoms with van der Waals surface area (Å²) in [5.41, 5.74) is -0.140. The van der Waals surface area contributed by atoms with Gasteiger partial charge in [-0.25, -0.2) is 4.98 Å².